The fourth-order valence-corrected chi connectivity index (χ4v) is 2.17. The predicted molar refractivity (Wildman–Crippen MR) is 74.7 cm³/mol. The SMILES string of the molecule is CC(C)CC(C(=O)OC(F)(F)C(F)(F)C(F)(F)C(F)(F)C(F)(F)C(F)(F)F)C(C)C. The Hall–Kier alpha value is -1.44. The third-order valence-electron chi connectivity index (χ3n) is 3.97. The molecule has 30 heavy (non-hydrogen) atoms. The van der Waals surface area contributed by atoms with E-state index in [1.807, 2.05) is 0 Å². The highest BCUT2D eigenvalue weighted by Gasteiger charge is 2.92. The normalized spacial score (nSPS) is 16.2. The highest BCUT2D eigenvalue weighted by Crippen LogP contribution is 2.60. The predicted octanol–water partition coefficient (Wildman–Crippen LogP) is 6.54. The van der Waals surface area contributed by atoms with Crippen LogP contribution in [0.25, 0.3) is 0 Å². The Bertz CT molecular complexity index is 608. The average Bonchev–Trinajstić information content (AvgIpc) is 2.49. The first-order valence-corrected chi connectivity index (χ1v) is 8.07. The van der Waals surface area contributed by atoms with Gasteiger partial charge in [-0.2, -0.15) is 57.1 Å². The van der Waals surface area contributed by atoms with Crippen LogP contribution in [0.1, 0.15) is 34.1 Å². The van der Waals surface area contributed by atoms with Gasteiger partial charge in [-0.3, -0.25) is 4.79 Å². The van der Waals surface area contributed by atoms with Crippen LogP contribution in [-0.2, 0) is 9.53 Å². The summed E-state index contributed by atoms with van der Waals surface area (Å²) in [5.41, 5.74) is 0. The second-order valence-electron chi connectivity index (χ2n) is 7.21. The number of hydrogen-bond donors (Lipinski definition) is 0. The Morgan fingerprint density at radius 2 is 1.03 bits per heavy atom. The molecule has 180 valence electrons. The van der Waals surface area contributed by atoms with Crippen LogP contribution >= 0.6 is 0 Å². The van der Waals surface area contributed by atoms with Gasteiger partial charge in [-0.15, -0.1) is 0 Å². The van der Waals surface area contributed by atoms with Crippen molar-refractivity contribution < 1.29 is 66.6 Å². The Labute approximate surface area is 161 Å². The zero-order valence-electron chi connectivity index (χ0n) is 15.7. The highest BCUT2D eigenvalue weighted by atomic mass is 19.4. The summed E-state index contributed by atoms with van der Waals surface area (Å²) in [6, 6.07) is 0. The number of halogens is 13. The summed E-state index contributed by atoms with van der Waals surface area (Å²) in [5.74, 6) is -36.7. The molecule has 0 bridgehead atoms. The molecule has 0 amide bonds. The monoisotopic (exact) mass is 476 g/mol. The third kappa shape index (κ3) is 4.73. The molecule has 15 heteroatoms. The van der Waals surface area contributed by atoms with Crippen molar-refractivity contribution in [2.75, 3.05) is 0 Å². The lowest BCUT2D eigenvalue weighted by Crippen LogP contribution is -2.70. The van der Waals surface area contributed by atoms with Crippen LogP contribution < -0.4 is 0 Å². The van der Waals surface area contributed by atoms with Crippen molar-refractivity contribution in [2.45, 2.75) is 70.1 Å². The summed E-state index contributed by atoms with van der Waals surface area (Å²) >= 11 is 0. The van der Waals surface area contributed by atoms with Crippen LogP contribution in [0.3, 0.4) is 0 Å². The molecule has 0 aliphatic carbocycles. The summed E-state index contributed by atoms with van der Waals surface area (Å²) in [6.45, 7) is 5.28. The van der Waals surface area contributed by atoms with E-state index in [1.54, 1.807) is 0 Å². The Morgan fingerprint density at radius 3 is 1.33 bits per heavy atom. The standard InChI is InChI=1S/C15H17F13O2/c1-6(2)5-8(7(3)4)9(29)30-15(27,28)13(22,23)11(18,19)10(16,17)12(20,21)14(24,25)26/h6-8H,5H2,1-4H3. The summed E-state index contributed by atoms with van der Waals surface area (Å²) in [7, 11) is 0. The second-order valence-corrected chi connectivity index (χ2v) is 7.21. The lowest BCUT2D eigenvalue weighted by Gasteiger charge is -2.39. The van der Waals surface area contributed by atoms with E-state index in [9.17, 15) is 61.9 Å². The molecule has 1 unspecified atom stereocenters. The molecule has 0 rings (SSSR count). The smallest absolute Gasteiger partial charge is 0.396 e. The molecule has 0 aromatic heterocycles. The molecule has 0 N–H and O–H groups in total. The van der Waals surface area contributed by atoms with Crippen LogP contribution in [0.15, 0.2) is 0 Å². The lowest BCUT2D eigenvalue weighted by atomic mass is 9.87. The number of ether oxygens (including phenoxy) is 1. The fourth-order valence-electron chi connectivity index (χ4n) is 2.17. The minimum absolute atomic E-state index is 0.309. The van der Waals surface area contributed by atoms with Gasteiger partial charge in [0.2, 0.25) is 0 Å². The van der Waals surface area contributed by atoms with Crippen LogP contribution in [-0.4, -0.2) is 41.9 Å². The minimum Gasteiger partial charge on any atom is -0.396 e. The second kappa shape index (κ2) is 8.24. The maximum Gasteiger partial charge on any atom is 0.473 e. The number of rotatable bonds is 9. The van der Waals surface area contributed by atoms with E-state index in [1.165, 1.54) is 27.7 Å². The molecule has 0 fully saturated rings. The van der Waals surface area contributed by atoms with Gasteiger partial charge in [0.25, 0.3) is 0 Å². The van der Waals surface area contributed by atoms with Crippen molar-refractivity contribution in [3.63, 3.8) is 0 Å². The zero-order valence-corrected chi connectivity index (χ0v) is 15.7. The maximum absolute atomic E-state index is 13.6. The van der Waals surface area contributed by atoms with Gasteiger partial charge in [-0.05, 0) is 18.3 Å². The number of carbonyl (C=O) groups excluding carboxylic acids is 1. The van der Waals surface area contributed by atoms with Crippen molar-refractivity contribution in [3.05, 3.63) is 0 Å². The molecule has 0 spiro atoms. The molecule has 0 aliphatic rings. The van der Waals surface area contributed by atoms with Gasteiger partial charge in [-0.1, -0.05) is 27.7 Å². The molecule has 0 aromatic rings. The first-order valence-electron chi connectivity index (χ1n) is 8.07. The summed E-state index contributed by atoms with van der Waals surface area (Å²) in [6.07, 6.45) is -14.7. The summed E-state index contributed by atoms with van der Waals surface area (Å²) in [4.78, 5) is 11.7. The first kappa shape index (κ1) is 28.6. The molecule has 0 aliphatic heterocycles. The largest absolute Gasteiger partial charge is 0.473 e. The summed E-state index contributed by atoms with van der Waals surface area (Å²) < 4.78 is 172. The van der Waals surface area contributed by atoms with Gasteiger partial charge in [-0.25, -0.2) is 0 Å². The van der Waals surface area contributed by atoms with E-state index < -0.39 is 59.7 Å². The minimum atomic E-state index is -8.03. The van der Waals surface area contributed by atoms with Gasteiger partial charge in [0.05, 0.1) is 5.92 Å². The van der Waals surface area contributed by atoms with Crippen LogP contribution in [0.2, 0.25) is 0 Å². The van der Waals surface area contributed by atoms with E-state index in [2.05, 4.69) is 4.74 Å². The first-order chi connectivity index (χ1) is 12.9. The van der Waals surface area contributed by atoms with Gasteiger partial charge in [0.1, 0.15) is 0 Å². The quantitative estimate of drug-likeness (QED) is 0.279. The fraction of sp³-hybridized carbons (Fsp3) is 0.933. The third-order valence-corrected chi connectivity index (χ3v) is 3.97. The average molecular weight is 476 g/mol. The Balaban J connectivity index is 6.16. The number of carbonyl (C=O) groups is 1. The van der Waals surface area contributed by atoms with E-state index >= 15 is 0 Å². The molecule has 2 nitrogen and oxygen atoms in total. The number of esters is 1. The number of hydrogen-bond acceptors (Lipinski definition) is 2. The van der Waals surface area contributed by atoms with Gasteiger partial charge in [0.15, 0.2) is 0 Å². The van der Waals surface area contributed by atoms with Crippen molar-refractivity contribution in [2.24, 2.45) is 17.8 Å². The van der Waals surface area contributed by atoms with E-state index in [0.29, 0.717) is 0 Å². The molecule has 1 atom stereocenters. The molecular weight excluding hydrogens is 459 g/mol. The number of alkyl halides is 13. The summed E-state index contributed by atoms with van der Waals surface area (Å²) in [5, 5.41) is 0. The molecule has 0 saturated heterocycles. The zero-order chi connectivity index (χ0) is 24.7. The van der Waals surface area contributed by atoms with Crippen molar-refractivity contribution in [1.82, 2.24) is 0 Å². The van der Waals surface area contributed by atoms with Gasteiger partial charge < -0.3 is 4.74 Å². The molecule has 0 aromatic carbocycles. The van der Waals surface area contributed by atoms with Crippen molar-refractivity contribution in [1.29, 1.82) is 0 Å². The van der Waals surface area contributed by atoms with Crippen LogP contribution in [0.4, 0.5) is 57.1 Å². The Morgan fingerprint density at radius 1 is 0.667 bits per heavy atom. The Kier molecular flexibility index (Phi) is 7.85. The highest BCUT2D eigenvalue weighted by molar-refractivity contribution is 5.73. The van der Waals surface area contributed by atoms with E-state index in [0.717, 1.165) is 0 Å². The van der Waals surface area contributed by atoms with Crippen molar-refractivity contribution in [3.8, 4) is 0 Å². The van der Waals surface area contributed by atoms with E-state index in [-0.39, 0.29) is 6.42 Å². The topological polar surface area (TPSA) is 26.3 Å². The van der Waals surface area contributed by atoms with Crippen molar-refractivity contribution >= 4 is 5.97 Å². The lowest BCUT2D eigenvalue weighted by molar-refractivity contribution is -0.460. The van der Waals surface area contributed by atoms with E-state index in [4.69, 9.17) is 0 Å². The van der Waals surface area contributed by atoms with Gasteiger partial charge >= 0.3 is 41.9 Å². The molecule has 0 radical (unpaired) electrons. The van der Waals surface area contributed by atoms with Gasteiger partial charge in [0, 0.05) is 0 Å². The van der Waals surface area contributed by atoms with Crippen LogP contribution in [0.5, 0.6) is 0 Å². The molecule has 0 heterocycles. The molecule has 0 saturated carbocycles. The molecular formula is C15H17F13O2. The van der Waals surface area contributed by atoms with Crippen LogP contribution in [0, 0.1) is 17.8 Å². The maximum atomic E-state index is 13.6.